The molecule has 0 saturated carbocycles. The fourth-order valence-corrected chi connectivity index (χ4v) is 3.69. The lowest BCUT2D eigenvalue weighted by Gasteiger charge is -2.32. The van der Waals surface area contributed by atoms with Crippen molar-refractivity contribution in [1.82, 2.24) is 0 Å². The van der Waals surface area contributed by atoms with Crippen molar-refractivity contribution >= 4 is 17.3 Å². The quantitative estimate of drug-likeness (QED) is 0.850. The van der Waals surface area contributed by atoms with Crippen LogP contribution in [0, 0.1) is 5.82 Å². The van der Waals surface area contributed by atoms with Gasteiger partial charge in [-0.1, -0.05) is 30.3 Å². The Kier molecular flexibility index (Phi) is 3.52. The highest BCUT2D eigenvalue weighted by atomic mass is 19.1. The van der Waals surface area contributed by atoms with E-state index in [1.807, 2.05) is 34.1 Å². The van der Waals surface area contributed by atoms with E-state index in [1.165, 1.54) is 11.6 Å². The van der Waals surface area contributed by atoms with Crippen molar-refractivity contribution in [3.63, 3.8) is 0 Å². The maximum atomic E-state index is 14.2. The summed E-state index contributed by atoms with van der Waals surface area (Å²) in [6.45, 7) is 1.69. The van der Waals surface area contributed by atoms with Gasteiger partial charge in [-0.05, 0) is 42.5 Å². The first-order chi connectivity index (χ1) is 11.2. The predicted octanol–water partition coefficient (Wildman–Crippen LogP) is 3.17. The molecule has 0 bridgehead atoms. The fourth-order valence-electron chi connectivity index (χ4n) is 3.69. The van der Waals surface area contributed by atoms with Gasteiger partial charge in [-0.2, -0.15) is 0 Å². The summed E-state index contributed by atoms with van der Waals surface area (Å²) in [6, 6.07) is 13.2. The number of amides is 1. The Hall–Kier alpha value is -2.36. The maximum Gasteiger partial charge on any atom is 0.246 e. The van der Waals surface area contributed by atoms with Crippen LogP contribution in [-0.4, -0.2) is 25.5 Å². The topological polar surface area (TPSA) is 23.6 Å². The largest absolute Gasteiger partial charge is 0.360 e. The smallest absolute Gasteiger partial charge is 0.246 e. The number of rotatable bonds is 2. The molecule has 0 aliphatic carbocycles. The van der Waals surface area contributed by atoms with E-state index >= 15 is 0 Å². The summed E-state index contributed by atoms with van der Waals surface area (Å²) in [4.78, 5) is 16.5. The zero-order valence-electron chi connectivity index (χ0n) is 13.0. The van der Waals surface area contributed by atoms with Gasteiger partial charge in [-0.15, -0.1) is 0 Å². The Morgan fingerprint density at radius 1 is 1.00 bits per heavy atom. The van der Waals surface area contributed by atoms with Gasteiger partial charge in [0.05, 0.1) is 12.2 Å². The summed E-state index contributed by atoms with van der Waals surface area (Å²) >= 11 is 0. The third kappa shape index (κ3) is 2.48. The third-order valence-corrected chi connectivity index (χ3v) is 4.78. The summed E-state index contributed by atoms with van der Waals surface area (Å²) in [6.07, 6.45) is 2.73. The lowest BCUT2D eigenvalue weighted by atomic mass is 10.0. The predicted molar refractivity (Wildman–Crippen MR) is 89.4 cm³/mol. The number of para-hydroxylation sites is 2. The van der Waals surface area contributed by atoms with Gasteiger partial charge in [0, 0.05) is 18.8 Å². The van der Waals surface area contributed by atoms with E-state index in [9.17, 15) is 9.18 Å². The van der Waals surface area contributed by atoms with Crippen LogP contribution >= 0.6 is 0 Å². The van der Waals surface area contributed by atoms with Crippen molar-refractivity contribution in [2.24, 2.45) is 0 Å². The number of anilines is 2. The number of fused-ring (bicyclic) bond motifs is 2. The SMILES string of the molecule is O=C(CN1CCCc2cccc(F)c21)N1CCc2ccccc21. The molecular weight excluding hydrogens is 291 g/mol. The number of carbonyl (C=O) groups excluding carboxylic acids is 1. The van der Waals surface area contributed by atoms with Crippen LogP contribution in [0.3, 0.4) is 0 Å². The molecule has 0 saturated heterocycles. The molecule has 2 heterocycles. The minimum Gasteiger partial charge on any atom is -0.360 e. The van der Waals surface area contributed by atoms with Crippen LogP contribution in [0.4, 0.5) is 15.8 Å². The van der Waals surface area contributed by atoms with Crippen LogP contribution in [0.1, 0.15) is 17.5 Å². The van der Waals surface area contributed by atoms with Gasteiger partial charge in [-0.25, -0.2) is 4.39 Å². The molecule has 3 nitrogen and oxygen atoms in total. The molecule has 0 radical (unpaired) electrons. The molecule has 0 atom stereocenters. The normalized spacial score (nSPS) is 16.2. The van der Waals surface area contributed by atoms with Crippen molar-refractivity contribution in [1.29, 1.82) is 0 Å². The summed E-state index contributed by atoms with van der Waals surface area (Å²) in [5, 5.41) is 0. The van der Waals surface area contributed by atoms with Gasteiger partial charge in [0.15, 0.2) is 0 Å². The molecule has 2 aliphatic rings. The van der Waals surface area contributed by atoms with Gasteiger partial charge in [0.1, 0.15) is 5.82 Å². The molecule has 2 aromatic carbocycles. The van der Waals surface area contributed by atoms with E-state index in [4.69, 9.17) is 0 Å². The Bertz CT molecular complexity index is 759. The van der Waals surface area contributed by atoms with Crippen molar-refractivity contribution < 1.29 is 9.18 Å². The Labute approximate surface area is 135 Å². The van der Waals surface area contributed by atoms with Crippen molar-refractivity contribution in [3.05, 3.63) is 59.4 Å². The van der Waals surface area contributed by atoms with E-state index in [0.717, 1.165) is 43.6 Å². The molecule has 4 rings (SSSR count). The molecule has 0 unspecified atom stereocenters. The number of carbonyl (C=O) groups is 1. The number of aryl methyl sites for hydroxylation is 1. The van der Waals surface area contributed by atoms with Crippen LogP contribution < -0.4 is 9.80 Å². The third-order valence-electron chi connectivity index (χ3n) is 4.78. The fraction of sp³-hybridized carbons (Fsp3) is 0.316. The highest BCUT2D eigenvalue weighted by Crippen LogP contribution is 2.31. The second-order valence-electron chi connectivity index (χ2n) is 6.20. The summed E-state index contributed by atoms with van der Waals surface area (Å²) in [5.74, 6) is -0.178. The number of halogens is 1. The molecule has 0 fully saturated rings. The number of benzene rings is 2. The highest BCUT2D eigenvalue weighted by molar-refractivity contribution is 5.98. The summed E-state index contributed by atoms with van der Waals surface area (Å²) in [7, 11) is 0. The van der Waals surface area contributed by atoms with Gasteiger partial charge in [0.2, 0.25) is 5.91 Å². The van der Waals surface area contributed by atoms with Gasteiger partial charge in [-0.3, -0.25) is 4.79 Å². The standard InChI is InChI=1S/C19H19FN2O/c20-16-8-3-6-15-7-4-11-21(19(15)16)13-18(23)22-12-10-14-5-1-2-9-17(14)22/h1-3,5-6,8-9H,4,7,10-13H2. The van der Waals surface area contributed by atoms with Gasteiger partial charge < -0.3 is 9.80 Å². The average molecular weight is 310 g/mol. The van der Waals surface area contributed by atoms with E-state index < -0.39 is 0 Å². The zero-order chi connectivity index (χ0) is 15.8. The second kappa shape index (κ2) is 5.69. The summed E-state index contributed by atoms with van der Waals surface area (Å²) < 4.78 is 14.2. The molecule has 0 N–H and O–H groups in total. The molecule has 1 amide bonds. The van der Waals surface area contributed by atoms with Crippen LogP contribution in [-0.2, 0) is 17.6 Å². The van der Waals surface area contributed by atoms with Crippen LogP contribution in [0.15, 0.2) is 42.5 Å². The number of hydrogen-bond acceptors (Lipinski definition) is 2. The highest BCUT2D eigenvalue weighted by Gasteiger charge is 2.28. The first-order valence-corrected chi connectivity index (χ1v) is 8.14. The molecular formula is C19H19FN2O. The van der Waals surface area contributed by atoms with E-state index in [0.29, 0.717) is 5.69 Å². The Morgan fingerprint density at radius 3 is 2.74 bits per heavy atom. The molecule has 23 heavy (non-hydrogen) atoms. The Morgan fingerprint density at radius 2 is 1.83 bits per heavy atom. The number of hydrogen-bond donors (Lipinski definition) is 0. The molecule has 2 aromatic rings. The van der Waals surface area contributed by atoms with Crippen molar-refractivity contribution in [2.45, 2.75) is 19.3 Å². The van der Waals surface area contributed by atoms with Crippen LogP contribution in [0.25, 0.3) is 0 Å². The van der Waals surface area contributed by atoms with Crippen molar-refractivity contribution in [3.8, 4) is 0 Å². The molecule has 0 spiro atoms. The lowest BCUT2D eigenvalue weighted by Crippen LogP contribution is -2.42. The molecule has 118 valence electrons. The van der Waals surface area contributed by atoms with E-state index in [2.05, 4.69) is 6.07 Å². The van der Waals surface area contributed by atoms with E-state index in [-0.39, 0.29) is 18.3 Å². The van der Waals surface area contributed by atoms with Crippen LogP contribution in [0.5, 0.6) is 0 Å². The molecule has 4 heteroatoms. The van der Waals surface area contributed by atoms with Crippen molar-refractivity contribution in [2.75, 3.05) is 29.4 Å². The lowest BCUT2D eigenvalue weighted by molar-refractivity contribution is -0.117. The zero-order valence-corrected chi connectivity index (χ0v) is 13.0. The first kappa shape index (κ1) is 14.2. The average Bonchev–Trinajstić information content (AvgIpc) is 2.99. The minimum atomic E-state index is -0.225. The Balaban J connectivity index is 1.57. The number of nitrogens with zero attached hydrogens (tertiary/aromatic N) is 2. The minimum absolute atomic E-state index is 0.0473. The summed E-state index contributed by atoms with van der Waals surface area (Å²) in [5.41, 5.74) is 3.83. The monoisotopic (exact) mass is 310 g/mol. The van der Waals surface area contributed by atoms with Gasteiger partial charge >= 0.3 is 0 Å². The van der Waals surface area contributed by atoms with Crippen LogP contribution in [0.2, 0.25) is 0 Å². The van der Waals surface area contributed by atoms with E-state index in [1.54, 1.807) is 6.07 Å². The second-order valence-corrected chi connectivity index (χ2v) is 6.20. The molecule has 0 aromatic heterocycles. The first-order valence-electron chi connectivity index (χ1n) is 8.14. The van der Waals surface area contributed by atoms with Gasteiger partial charge in [0.25, 0.3) is 0 Å². The molecule has 2 aliphatic heterocycles. The maximum absolute atomic E-state index is 14.2.